The summed E-state index contributed by atoms with van der Waals surface area (Å²) in [5.74, 6) is 0.715. The Balaban J connectivity index is 1.57. The number of rotatable bonds is 6. The normalized spacial score (nSPS) is 22.2. The van der Waals surface area contributed by atoms with Crippen molar-refractivity contribution in [3.8, 4) is 0 Å². The van der Waals surface area contributed by atoms with Crippen molar-refractivity contribution in [2.24, 2.45) is 0 Å². The van der Waals surface area contributed by atoms with Crippen LogP contribution < -0.4 is 0 Å². The third-order valence-corrected chi connectivity index (χ3v) is 7.47. The van der Waals surface area contributed by atoms with Crippen LogP contribution in [-0.2, 0) is 11.5 Å². The Bertz CT molecular complexity index is 817. The Labute approximate surface area is 157 Å². The number of thiazole rings is 1. The van der Waals surface area contributed by atoms with Crippen molar-refractivity contribution >= 4 is 25.4 Å². The van der Waals surface area contributed by atoms with Crippen molar-refractivity contribution in [3.63, 3.8) is 0 Å². The van der Waals surface area contributed by atoms with Crippen LogP contribution in [0.5, 0.6) is 0 Å². The van der Waals surface area contributed by atoms with Crippen molar-refractivity contribution in [2.45, 2.75) is 44.5 Å². The topological polar surface area (TPSA) is 83.7 Å². The first-order valence-electron chi connectivity index (χ1n) is 8.67. The molecule has 1 N–H and O–H groups in total. The van der Waals surface area contributed by atoms with Crippen LogP contribution in [0.1, 0.15) is 28.5 Å². The maximum absolute atomic E-state index is 12.5. The molecule has 0 saturated carbocycles. The summed E-state index contributed by atoms with van der Waals surface area (Å²) in [6, 6.07) is -0.0348. The van der Waals surface area contributed by atoms with E-state index >= 15 is 0 Å². The van der Waals surface area contributed by atoms with Crippen molar-refractivity contribution in [2.75, 3.05) is 13.2 Å². The molecule has 26 heavy (non-hydrogen) atoms. The molecule has 1 saturated heterocycles. The molecule has 2 aliphatic rings. The molecule has 2 bridgehead atoms. The molecule has 0 aromatic carbocycles. The van der Waals surface area contributed by atoms with Crippen LogP contribution in [0.15, 0.2) is 17.9 Å². The summed E-state index contributed by atoms with van der Waals surface area (Å²) in [5.41, 5.74) is 2.56. The monoisotopic (exact) mass is 393 g/mol. The highest BCUT2D eigenvalue weighted by atomic mass is 32.1. The summed E-state index contributed by atoms with van der Waals surface area (Å²) in [6.07, 6.45) is 3.58. The number of hydrogen-bond donors (Lipinski definition) is 1. The highest BCUT2D eigenvalue weighted by molar-refractivity contribution is 7.09. The number of carbonyl (C=O) groups is 1. The Morgan fingerprint density at radius 2 is 2.19 bits per heavy atom. The zero-order valence-electron chi connectivity index (χ0n) is 15.1. The van der Waals surface area contributed by atoms with Crippen LogP contribution in [0.3, 0.4) is 0 Å². The average Bonchev–Trinajstić information content (AvgIpc) is 3.28. The summed E-state index contributed by atoms with van der Waals surface area (Å²) in [4.78, 5) is 24.0. The van der Waals surface area contributed by atoms with E-state index in [-0.39, 0.29) is 6.04 Å². The third kappa shape index (κ3) is 2.96. The van der Waals surface area contributed by atoms with Crippen molar-refractivity contribution in [1.82, 2.24) is 24.5 Å². The largest absolute Gasteiger partial charge is 0.361 e. The fraction of sp³-hybridized carbons (Fsp3) is 0.562. The number of aromatic nitrogens is 3. The molecule has 2 amide bonds. The molecule has 2 atom stereocenters. The van der Waals surface area contributed by atoms with Crippen LogP contribution in [0.2, 0.25) is 25.7 Å². The average molecular weight is 394 g/mol. The Morgan fingerprint density at radius 1 is 1.38 bits per heavy atom. The molecule has 1 unspecified atom stereocenters. The molecular weight excluding hydrogens is 370 g/mol. The fourth-order valence-electron chi connectivity index (χ4n) is 3.36. The Morgan fingerprint density at radius 3 is 2.96 bits per heavy atom. The number of amides is 2. The van der Waals surface area contributed by atoms with Gasteiger partial charge in [0.05, 0.1) is 22.6 Å². The number of hydroxylamine groups is 2. The Hall–Kier alpha value is -1.75. The van der Waals surface area contributed by atoms with Crippen LogP contribution in [-0.4, -0.2) is 57.0 Å². The van der Waals surface area contributed by atoms with Gasteiger partial charge in [0.15, 0.2) is 0 Å². The lowest BCUT2D eigenvalue weighted by Crippen LogP contribution is -2.36. The number of imidazole rings is 1. The number of fused-ring (bicyclic) bond motifs is 4. The molecule has 0 aliphatic carbocycles. The quantitative estimate of drug-likeness (QED) is 0.463. The van der Waals surface area contributed by atoms with E-state index in [1.165, 1.54) is 11.3 Å². The van der Waals surface area contributed by atoms with Gasteiger partial charge in [-0.1, -0.05) is 19.6 Å². The van der Waals surface area contributed by atoms with Crippen LogP contribution >= 0.6 is 11.3 Å². The number of urea groups is 1. The maximum Gasteiger partial charge on any atom is 0.345 e. The van der Waals surface area contributed by atoms with Crippen molar-refractivity contribution in [3.05, 3.63) is 34.3 Å². The molecule has 0 spiro atoms. The summed E-state index contributed by atoms with van der Waals surface area (Å²) in [6.45, 7) is 8.51. The SMILES string of the molecule is C[Si](C)(C)CCOCn1ccnc1[C@@H]1c2ncsc2C2CN1C(=O)N2O. The minimum atomic E-state index is -1.14. The van der Waals surface area contributed by atoms with Gasteiger partial charge in [-0.25, -0.2) is 14.8 Å². The van der Waals surface area contributed by atoms with E-state index < -0.39 is 20.1 Å². The van der Waals surface area contributed by atoms with Gasteiger partial charge in [-0.15, -0.1) is 11.3 Å². The van der Waals surface area contributed by atoms with Crippen molar-refractivity contribution in [1.29, 1.82) is 0 Å². The number of nitrogens with zero attached hydrogens (tertiary/aromatic N) is 5. The predicted octanol–water partition coefficient (Wildman–Crippen LogP) is 2.92. The molecule has 8 nitrogen and oxygen atoms in total. The molecule has 10 heteroatoms. The second-order valence-corrected chi connectivity index (χ2v) is 14.4. The first kappa shape index (κ1) is 17.7. The third-order valence-electron chi connectivity index (χ3n) is 4.82. The summed E-state index contributed by atoms with van der Waals surface area (Å²) in [7, 11) is -1.14. The number of ether oxygens (including phenoxy) is 1. The highest BCUT2D eigenvalue weighted by Crippen LogP contribution is 2.46. The van der Waals surface area contributed by atoms with Gasteiger partial charge in [-0.3, -0.25) is 5.21 Å². The van der Waals surface area contributed by atoms with Gasteiger partial charge in [-0.2, -0.15) is 5.06 Å². The van der Waals surface area contributed by atoms with Crippen LogP contribution in [0, 0.1) is 0 Å². The first-order valence-corrected chi connectivity index (χ1v) is 13.3. The van der Waals surface area contributed by atoms with E-state index in [1.54, 1.807) is 16.6 Å². The van der Waals surface area contributed by atoms with Gasteiger partial charge in [0.1, 0.15) is 24.6 Å². The molecule has 0 radical (unpaired) electrons. The summed E-state index contributed by atoms with van der Waals surface area (Å²) >= 11 is 1.47. The van der Waals surface area contributed by atoms with Gasteiger partial charge in [0, 0.05) is 27.1 Å². The zero-order valence-corrected chi connectivity index (χ0v) is 16.9. The fourth-order valence-corrected chi connectivity index (χ4v) is 5.02. The molecule has 1 fully saturated rings. The smallest absolute Gasteiger partial charge is 0.345 e. The van der Waals surface area contributed by atoms with Gasteiger partial charge in [-0.05, 0) is 6.04 Å². The van der Waals surface area contributed by atoms with Gasteiger partial charge < -0.3 is 14.2 Å². The lowest BCUT2D eigenvalue weighted by molar-refractivity contribution is -0.0578. The van der Waals surface area contributed by atoms with E-state index in [9.17, 15) is 10.0 Å². The number of carbonyl (C=O) groups excluding carboxylic acids is 1. The predicted molar refractivity (Wildman–Crippen MR) is 98.8 cm³/mol. The molecule has 4 heterocycles. The highest BCUT2D eigenvalue weighted by Gasteiger charge is 2.50. The molecule has 4 rings (SSSR count). The molecule has 2 aromatic heterocycles. The minimum Gasteiger partial charge on any atom is -0.361 e. The van der Waals surface area contributed by atoms with Crippen LogP contribution in [0.4, 0.5) is 4.79 Å². The van der Waals surface area contributed by atoms with Gasteiger partial charge >= 0.3 is 6.03 Å². The van der Waals surface area contributed by atoms with E-state index in [2.05, 4.69) is 29.6 Å². The second-order valence-electron chi connectivity index (χ2n) is 7.90. The summed E-state index contributed by atoms with van der Waals surface area (Å²) < 4.78 is 7.78. The molecular formula is C16H23N5O3SSi. The van der Waals surface area contributed by atoms with Gasteiger partial charge in [0.2, 0.25) is 0 Å². The van der Waals surface area contributed by atoms with E-state index in [0.29, 0.717) is 19.1 Å². The summed E-state index contributed by atoms with van der Waals surface area (Å²) in [5, 5.41) is 11.0. The second kappa shape index (κ2) is 6.45. The minimum absolute atomic E-state index is 0.336. The maximum atomic E-state index is 12.5. The zero-order chi connectivity index (χ0) is 18.5. The van der Waals surface area contributed by atoms with E-state index in [0.717, 1.165) is 28.3 Å². The number of hydrogen-bond acceptors (Lipinski definition) is 6. The Kier molecular flexibility index (Phi) is 4.38. The molecule has 2 aliphatic heterocycles. The standard InChI is InChI=1S/C16H23N5O3SSi/c1-26(2,3)7-6-24-10-19-5-4-17-15(19)13-12-14(25-9-18-12)11-8-20(13)16(22)21(11)23/h4-5,9,11,13,23H,6-8,10H2,1-3H3/t11?,13-/m0/s1. The van der Waals surface area contributed by atoms with E-state index in [1.807, 2.05) is 10.8 Å². The first-order chi connectivity index (χ1) is 12.4. The van der Waals surface area contributed by atoms with Crippen LogP contribution in [0.25, 0.3) is 0 Å². The van der Waals surface area contributed by atoms with E-state index in [4.69, 9.17) is 4.74 Å². The van der Waals surface area contributed by atoms with Gasteiger partial charge in [0.25, 0.3) is 0 Å². The lowest BCUT2D eigenvalue weighted by atomic mass is 10.0. The lowest BCUT2D eigenvalue weighted by Gasteiger charge is -2.29. The molecule has 2 aromatic rings. The molecule has 140 valence electrons. The van der Waals surface area contributed by atoms with Crippen molar-refractivity contribution < 1.29 is 14.7 Å².